The smallest absolute Gasteiger partial charge is 0.327 e. The number of rotatable bonds is 6. The van der Waals surface area contributed by atoms with Crippen molar-refractivity contribution in [1.29, 1.82) is 0 Å². The van der Waals surface area contributed by atoms with Gasteiger partial charge >= 0.3 is 6.03 Å². The van der Waals surface area contributed by atoms with Gasteiger partial charge in [0.15, 0.2) is 0 Å². The van der Waals surface area contributed by atoms with Crippen molar-refractivity contribution in [2.24, 2.45) is 0 Å². The van der Waals surface area contributed by atoms with E-state index in [0.717, 1.165) is 12.0 Å². The normalized spacial score (nSPS) is 21.3. The van der Waals surface area contributed by atoms with Crippen molar-refractivity contribution >= 4 is 17.8 Å². The van der Waals surface area contributed by atoms with Crippen LogP contribution >= 0.6 is 0 Å². The molecule has 2 N–H and O–H groups in total. The molecule has 2 aromatic rings. The van der Waals surface area contributed by atoms with Gasteiger partial charge in [0, 0.05) is 12.7 Å². The maximum Gasteiger partial charge on any atom is 0.327 e. The Labute approximate surface area is 175 Å². The molecule has 3 heterocycles. The van der Waals surface area contributed by atoms with E-state index in [1.54, 1.807) is 18.3 Å². The van der Waals surface area contributed by atoms with Crippen LogP contribution in [0.5, 0.6) is 0 Å². The highest BCUT2D eigenvalue weighted by atomic mass is 16.2. The zero-order valence-corrected chi connectivity index (χ0v) is 16.7. The third-order valence-corrected chi connectivity index (χ3v) is 5.53. The standard InChI is InChI=1S/C22H25N5O3/c28-19(25-13-16-7-2-1-3-8-16)15-26-18-10-6-12-24-20(18)21(29)27(22(26)30)14-17-9-4-5-11-23-17/h1-5,7-9,11,18,20,24H,6,10,12-15H2,(H,25,28). The van der Waals surface area contributed by atoms with E-state index in [1.165, 1.54) is 9.80 Å². The largest absolute Gasteiger partial charge is 0.350 e. The average Bonchev–Trinajstić information content (AvgIpc) is 2.79. The number of nitrogens with zero attached hydrogens (tertiary/aromatic N) is 3. The quantitative estimate of drug-likeness (QED) is 0.752. The third-order valence-electron chi connectivity index (χ3n) is 5.53. The fraction of sp³-hybridized carbons (Fsp3) is 0.364. The number of pyridine rings is 1. The Morgan fingerprint density at radius 2 is 1.93 bits per heavy atom. The summed E-state index contributed by atoms with van der Waals surface area (Å²) in [6, 6.07) is 13.7. The molecule has 2 saturated heterocycles. The molecule has 0 aliphatic carbocycles. The van der Waals surface area contributed by atoms with Gasteiger partial charge in [-0.3, -0.25) is 19.5 Å². The molecule has 30 heavy (non-hydrogen) atoms. The second kappa shape index (κ2) is 9.04. The number of urea groups is 1. The molecular weight excluding hydrogens is 382 g/mol. The highest BCUT2D eigenvalue weighted by molar-refractivity contribution is 6.01. The van der Waals surface area contributed by atoms with E-state index in [0.29, 0.717) is 25.2 Å². The molecule has 0 radical (unpaired) electrons. The summed E-state index contributed by atoms with van der Waals surface area (Å²) < 4.78 is 0. The molecule has 156 valence electrons. The lowest BCUT2D eigenvalue weighted by molar-refractivity contribution is -0.139. The molecule has 4 amide bonds. The number of amides is 4. The van der Waals surface area contributed by atoms with E-state index in [9.17, 15) is 14.4 Å². The Morgan fingerprint density at radius 3 is 2.70 bits per heavy atom. The molecule has 1 aromatic heterocycles. The van der Waals surface area contributed by atoms with Crippen LogP contribution in [0.4, 0.5) is 4.79 Å². The van der Waals surface area contributed by atoms with Crippen LogP contribution in [-0.2, 0) is 22.7 Å². The molecule has 8 heteroatoms. The van der Waals surface area contributed by atoms with Crippen molar-refractivity contribution in [3.63, 3.8) is 0 Å². The van der Waals surface area contributed by atoms with Crippen molar-refractivity contribution < 1.29 is 14.4 Å². The summed E-state index contributed by atoms with van der Waals surface area (Å²) >= 11 is 0. The van der Waals surface area contributed by atoms with E-state index in [1.807, 2.05) is 36.4 Å². The van der Waals surface area contributed by atoms with Crippen molar-refractivity contribution in [3.8, 4) is 0 Å². The molecule has 2 atom stereocenters. The van der Waals surface area contributed by atoms with Crippen molar-refractivity contribution in [1.82, 2.24) is 25.4 Å². The zero-order chi connectivity index (χ0) is 20.9. The van der Waals surface area contributed by atoms with E-state index < -0.39 is 12.1 Å². The van der Waals surface area contributed by atoms with Crippen molar-refractivity contribution in [2.45, 2.75) is 38.0 Å². The van der Waals surface area contributed by atoms with Crippen LogP contribution in [0.25, 0.3) is 0 Å². The fourth-order valence-corrected chi connectivity index (χ4v) is 4.01. The van der Waals surface area contributed by atoms with E-state index in [4.69, 9.17) is 0 Å². The first-order chi connectivity index (χ1) is 14.6. The van der Waals surface area contributed by atoms with Crippen LogP contribution in [0, 0.1) is 0 Å². The summed E-state index contributed by atoms with van der Waals surface area (Å²) in [4.78, 5) is 45.8. The molecule has 2 unspecified atom stereocenters. The van der Waals surface area contributed by atoms with E-state index >= 15 is 0 Å². The van der Waals surface area contributed by atoms with Gasteiger partial charge in [0.2, 0.25) is 11.8 Å². The molecule has 1 aromatic carbocycles. The predicted octanol–water partition coefficient (Wildman–Crippen LogP) is 1.28. The van der Waals surface area contributed by atoms with Crippen LogP contribution in [0.15, 0.2) is 54.7 Å². The monoisotopic (exact) mass is 407 g/mol. The van der Waals surface area contributed by atoms with Gasteiger partial charge in [0.05, 0.1) is 18.3 Å². The lowest BCUT2D eigenvalue weighted by Gasteiger charge is -2.46. The van der Waals surface area contributed by atoms with Gasteiger partial charge in [-0.2, -0.15) is 0 Å². The van der Waals surface area contributed by atoms with E-state index in [2.05, 4.69) is 15.6 Å². The number of piperidine rings is 1. The van der Waals surface area contributed by atoms with E-state index in [-0.39, 0.29) is 30.9 Å². The first-order valence-corrected chi connectivity index (χ1v) is 10.2. The van der Waals surface area contributed by atoms with Crippen LogP contribution in [0.2, 0.25) is 0 Å². The summed E-state index contributed by atoms with van der Waals surface area (Å²) in [5, 5.41) is 6.10. The number of fused-ring (bicyclic) bond motifs is 1. The van der Waals surface area contributed by atoms with Gasteiger partial charge in [0.1, 0.15) is 12.6 Å². The number of benzene rings is 1. The first kappa shape index (κ1) is 20.0. The average molecular weight is 407 g/mol. The van der Waals surface area contributed by atoms with Crippen LogP contribution in [0.1, 0.15) is 24.1 Å². The Balaban J connectivity index is 1.48. The van der Waals surface area contributed by atoms with Gasteiger partial charge in [0.25, 0.3) is 0 Å². The minimum absolute atomic E-state index is 0.0828. The number of nitrogens with one attached hydrogen (secondary N) is 2. The van der Waals surface area contributed by atoms with Gasteiger partial charge in [-0.25, -0.2) is 4.79 Å². The van der Waals surface area contributed by atoms with Gasteiger partial charge < -0.3 is 15.5 Å². The zero-order valence-electron chi connectivity index (χ0n) is 16.7. The minimum atomic E-state index is -0.498. The summed E-state index contributed by atoms with van der Waals surface area (Å²) in [5.74, 6) is -0.500. The van der Waals surface area contributed by atoms with Crippen molar-refractivity contribution in [3.05, 3.63) is 66.0 Å². The SMILES string of the molecule is O=C(CN1C(=O)N(Cc2ccccn2)C(=O)C2NCCCC21)NCc1ccccc1. The Hall–Kier alpha value is -3.26. The molecule has 2 aliphatic rings. The van der Waals surface area contributed by atoms with Crippen molar-refractivity contribution in [2.75, 3.05) is 13.1 Å². The number of carbonyl (C=O) groups is 3. The Kier molecular flexibility index (Phi) is 6.04. The molecular formula is C22H25N5O3. The summed E-state index contributed by atoms with van der Waals surface area (Å²) in [7, 11) is 0. The summed E-state index contributed by atoms with van der Waals surface area (Å²) in [6.45, 7) is 1.11. The molecule has 8 nitrogen and oxygen atoms in total. The maximum absolute atomic E-state index is 13.2. The minimum Gasteiger partial charge on any atom is -0.350 e. The molecule has 4 rings (SSSR count). The topological polar surface area (TPSA) is 94.6 Å². The number of hydrogen-bond donors (Lipinski definition) is 2. The lowest BCUT2D eigenvalue weighted by Crippen LogP contribution is -2.70. The number of aromatic nitrogens is 1. The number of imide groups is 1. The molecule has 0 spiro atoms. The van der Waals surface area contributed by atoms with Gasteiger partial charge in [-0.1, -0.05) is 36.4 Å². The first-order valence-electron chi connectivity index (χ1n) is 10.2. The third kappa shape index (κ3) is 4.33. The predicted molar refractivity (Wildman–Crippen MR) is 110 cm³/mol. The number of hydrogen-bond acceptors (Lipinski definition) is 5. The highest BCUT2D eigenvalue weighted by Gasteiger charge is 2.47. The van der Waals surface area contributed by atoms with Gasteiger partial charge in [-0.15, -0.1) is 0 Å². The van der Waals surface area contributed by atoms with Crippen LogP contribution in [-0.4, -0.2) is 57.8 Å². The molecule has 2 fully saturated rings. The molecule has 0 saturated carbocycles. The second-order valence-electron chi connectivity index (χ2n) is 7.56. The van der Waals surface area contributed by atoms with Crippen LogP contribution < -0.4 is 10.6 Å². The Morgan fingerprint density at radius 1 is 1.13 bits per heavy atom. The molecule has 0 bridgehead atoms. The summed E-state index contributed by atoms with van der Waals surface area (Å²) in [5.41, 5.74) is 1.61. The fourth-order valence-electron chi connectivity index (χ4n) is 4.01. The summed E-state index contributed by atoms with van der Waals surface area (Å²) in [6.07, 6.45) is 3.17. The second-order valence-corrected chi connectivity index (χ2v) is 7.56. The maximum atomic E-state index is 13.2. The van der Waals surface area contributed by atoms with Crippen LogP contribution in [0.3, 0.4) is 0 Å². The number of carbonyl (C=O) groups excluding carboxylic acids is 3. The molecule has 2 aliphatic heterocycles. The van der Waals surface area contributed by atoms with Gasteiger partial charge in [-0.05, 0) is 37.1 Å². The Bertz CT molecular complexity index is 906. The lowest BCUT2D eigenvalue weighted by atomic mass is 9.93. The highest BCUT2D eigenvalue weighted by Crippen LogP contribution is 2.25.